The Labute approximate surface area is 207 Å². The summed E-state index contributed by atoms with van der Waals surface area (Å²) >= 11 is 0. The second-order valence-corrected chi connectivity index (χ2v) is 10.6. The smallest absolute Gasteiger partial charge is 0.217 e. The topological polar surface area (TPSA) is 71.1 Å². The summed E-state index contributed by atoms with van der Waals surface area (Å²) in [5.41, 5.74) is 1.28. The molecule has 2 aromatic rings. The van der Waals surface area contributed by atoms with Crippen molar-refractivity contribution in [3.05, 3.63) is 47.5 Å². The third-order valence-electron chi connectivity index (χ3n) is 6.40. The van der Waals surface area contributed by atoms with Crippen LogP contribution in [0.15, 0.2) is 36.4 Å². The van der Waals surface area contributed by atoms with Crippen LogP contribution in [0.4, 0.5) is 0 Å². The van der Waals surface area contributed by atoms with Crippen molar-refractivity contribution < 1.29 is 37.5 Å². The van der Waals surface area contributed by atoms with Gasteiger partial charge in [-0.15, -0.1) is 0 Å². The van der Waals surface area contributed by atoms with Crippen molar-refractivity contribution in [3.8, 4) is 23.0 Å². The van der Waals surface area contributed by atoms with Crippen molar-refractivity contribution >= 4 is 11.6 Å². The molecule has 8 heteroatoms. The van der Waals surface area contributed by atoms with E-state index in [4.69, 9.17) is 18.9 Å². The summed E-state index contributed by atoms with van der Waals surface area (Å²) < 4.78 is 23.5. The molecule has 0 unspecified atom stereocenters. The molecule has 8 nitrogen and oxygen atoms in total. The van der Waals surface area contributed by atoms with Crippen LogP contribution in [0.2, 0.25) is 0 Å². The summed E-state index contributed by atoms with van der Waals surface area (Å²) in [6.45, 7) is 4.50. The zero-order valence-corrected chi connectivity index (χ0v) is 21.2. The minimum absolute atomic E-state index is 0.0782. The van der Waals surface area contributed by atoms with Gasteiger partial charge in [0.05, 0.1) is 41.3 Å². The fraction of sp³-hybridized carbons (Fsp3) is 0.481. The molecule has 0 saturated carbocycles. The van der Waals surface area contributed by atoms with Crippen LogP contribution in [0.3, 0.4) is 0 Å². The molecule has 0 aromatic heterocycles. The number of benzene rings is 2. The van der Waals surface area contributed by atoms with E-state index < -0.39 is 0 Å². The van der Waals surface area contributed by atoms with Gasteiger partial charge in [-0.25, -0.2) is 0 Å². The first-order chi connectivity index (χ1) is 16.6. The van der Waals surface area contributed by atoms with Crippen molar-refractivity contribution in [1.82, 2.24) is 0 Å². The van der Waals surface area contributed by atoms with Crippen LogP contribution in [0.25, 0.3) is 0 Å². The molecule has 0 saturated heterocycles. The van der Waals surface area contributed by atoms with E-state index in [0.717, 1.165) is 19.5 Å². The number of rotatable bonds is 10. The lowest BCUT2D eigenvalue weighted by Gasteiger charge is -2.33. The highest BCUT2D eigenvalue weighted by Crippen LogP contribution is 2.32. The Morgan fingerprint density at radius 3 is 1.40 bits per heavy atom. The summed E-state index contributed by atoms with van der Waals surface area (Å²) in [7, 11) is 8.26. The fourth-order valence-electron chi connectivity index (χ4n) is 4.48. The second-order valence-electron chi connectivity index (χ2n) is 10.6. The van der Waals surface area contributed by atoms with Crippen molar-refractivity contribution in [2.24, 2.45) is 0 Å². The molecule has 2 aromatic carbocycles. The molecule has 188 valence electrons. The van der Waals surface area contributed by atoms with Gasteiger partial charge in [0, 0.05) is 17.5 Å². The first-order valence-corrected chi connectivity index (χ1v) is 12.1. The van der Waals surface area contributed by atoms with Gasteiger partial charge in [0.25, 0.3) is 0 Å². The highest BCUT2D eigenvalue weighted by molar-refractivity contribution is 5.98. The van der Waals surface area contributed by atoms with E-state index in [-0.39, 0.29) is 11.6 Å². The average molecular weight is 485 g/mol. The van der Waals surface area contributed by atoms with Crippen LogP contribution >= 0.6 is 0 Å². The van der Waals surface area contributed by atoms with E-state index in [1.54, 1.807) is 36.4 Å². The number of ketones is 2. The first kappa shape index (κ1) is 25.0. The number of likely N-dealkylation sites (N-methyl/N-ethyl adjacent to an activating group) is 2. The van der Waals surface area contributed by atoms with E-state index in [2.05, 4.69) is 28.2 Å². The molecular weight excluding hydrogens is 448 g/mol. The molecule has 0 amide bonds. The molecule has 2 heterocycles. The van der Waals surface area contributed by atoms with Crippen LogP contribution < -0.4 is 18.9 Å². The molecule has 35 heavy (non-hydrogen) atoms. The Kier molecular flexibility index (Phi) is 7.33. The van der Waals surface area contributed by atoms with Gasteiger partial charge in [-0.05, 0) is 36.4 Å². The lowest BCUT2D eigenvalue weighted by Crippen LogP contribution is -2.48. The van der Waals surface area contributed by atoms with E-state index in [1.807, 2.05) is 0 Å². The number of ether oxygens (including phenoxy) is 4. The number of carbonyl (C=O) groups excluding carboxylic acids is 2. The van der Waals surface area contributed by atoms with Crippen LogP contribution in [-0.4, -0.2) is 101 Å². The third kappa shape index (κ3) is 6.52. The molecule has 2 aliphatic rings. The average Bonchev–Trinajstić information content (AvgIpc) is 2.82. The normalized spacial score (nSPS) is 15.0. The molecular formula is C27H36N2O6+2. The maximum absolute atomic E-state index is 12.9. The number of quaternary nitrogens is 2. The predicted octanol–water partition coefficient (Wildman–Crippen LogP) is 2.84. The van der Waals surface area contributed by atoms with Crippen LogP contribution in [0.5, 0.6) is 23.0 Å². The predicted molar refractivity (Wildman–Crippen MR) is 132 cm³/mol. The van der Waals surface area contributed by atoms with E-state index in [9.17, 15) is 9.59 Å². The van der Waals surface area contributed by atoms with E-state index in [0.29, 0.717) is 82.6 Å². The minimum Gasteiger partial charge on any atom is -0.486 e. The molecule has 0 aliphatic carbocycles. The molecule has 0 atom stereocenters. The zero-order chi connectivity index (χ0) is 25.1. The largest absolute Gasteiger partial charge is 0.486 e. The first-order valence-electron chi connectivity index (χ1n) is 12.1. The Morgan fingerprint density at radius 2 is 1.00 bits per heavy atom. The summed E-state index contributed by atoms with van der Waals surface area (Å²) in [4.78, 5) is 25.9. The van der Waals surface area contributed by atoms with Gasteiger partial charge in [-0.2, -0.15) is 0 Å². The Morgan fingerprint density at radius 1 is 0.629 bits per heavy atom. The van der Waals surface area contributed by atoms with E-state index in [1.165, 1.54) is 0 Å². The summed E-state index contributed by atoms with van der Waals surface area (Å²) in [6.07, 6.45) is 0.892. The van der Waals surface area contributed by atoms with Gasteiger partial charge in [0.2, 0.25) is 11.6 Å². The second kappa shape index (κ2) is 10.3. The number of Topliss-reactive ketones (excluding diaryl/α,β-unsaturated/α-hetero) is 2. The van der Waals surface area contributed by atoms with Crippen molar-refractivity contribution in [2.75, 3.05) is 80.8 Å². The summed E-state index contributed by atoms with van der Waals surface area (Å²) in [5.74, 6) is 2.80. The van der Waals surface area contributed by atoms with Crippen molar-refractivity contribution in [3.63, 3.8) is 0 Å². The van der Waals surface area contributed by atoms with E-state index >= 15 is 0 Å². The van der Waals surface area contributed by atoms with Gasteiger partial charge in [-0.1, -0.05) is 0 Å². The quantitative estimate of drug-likeness (QED) is 0.382. The number of nitrogens with zero attached hydrogens (tertiary/aromatic N) is 2. The lowest BCUT2D eigenvalue weighted by molar-refractivity contribution is -0.901. The van der Waals surface area contributed by atoms with Crippen LogP contribution in [0.1, 0.15) is 27.1 Å². The standard InChI is InChI=1S/C27H36N2O6/c1-28(2,18-22(30)20-6-8-24-26(16-20)34-14-12-32-24)10-5-11-29(3,4)19-23(31)21-7-9-25-27(17-21)35-15-13-33-25/h6-9,16-17H,5,10-15,18-19H2,1-4H3/q+2. The molecule has 0 bridgehead atoms. The highest BCUT2D eigenvalue weighted by atomic mass is 16.6. The molecule has 0 N–H and O–H groups in total. The lowest BCUT2D eigenvalue weighted by atomic mass is 10.1. The van der Waals surface area contributed by atoms with Gasteiger partial charge in [0.15, 0.2) is 23.0 Å². The van der Waals surface area contributed by atoms with Gasteiger partial charge in [-0.3, -0.25) is 9.59 Å². The Balaban J connectivity index is 1.27. The van der Waals surface area contributed by atoms with Gasteiger partial charge >= 0.3 is 0 Å². The third-order valence-corrected chi connectivity index (χ3v) is 6.40. The molecule has 0 radical (unpaired) electrons. The maximum atomic E-state index is 12.9. The molecule has 4 rings (SSSR count). The van der Waals surface area contributed by atoms with Gasteiger partial charge < -0.3 is 27.9 Å². The summed E-state index contributed by atoms with van der Waals surface area (Å²) in [6, 6.07) is 10.8. The highest BCUT2D eigenvalue weighted by Gasteiger charge is 2.26. The Hall–Kier alpha value is -3.10. The number of fused-ring (bicyclic) bond motifs is 2. The zero-order valence-electron chi connectivity index (χ0n) is 21.2. The van der Waals surface area contributed by atoms with Crippen molar-refractivity contribution in [1.29, 1.82) is 0 Å². The fourth-order valence-corrected chi connectivity index (χ4v) is 4.48. The SMILES string of the molecule is C[N+](C)(CCC[N+](C)(C)CC(=O)c1ccc2c(c1)OCCO2)CC(=O)c1ccc2c(c1)OCCO2. The number of carbonyl (C=O) groups is 2. The molecule has 0 spiro atoms. The van der Waals surface area contributed by atoms with Crippen LogP contribution in [0, 0.1) is 0 Å². The van der Waals surface area contributed by atoms with Crippen molar-refractivity contribution in [2.45, 2.75) is 6.42 Å². The maximum Gasteiger partial charge on any atom is 0.217 e. The summed E-state index contributed by atoms with van der Waals surface area (Å²) in [5, 5.41) is 0. The Bertz CT molecular complexity index is 1010. The number of hydrogen-bond donors (Lipinski definition) is 0. The minimum atomic E-state index is 0.0782. The monoisotopic (exact) mass is 484 g/mol. The molecule has 2 aliphatic heterocycles. The number of hydrogen-bond acceptors (Lipinski definition) is 6. The van der Waals surface area contributed by atoms with Gasteiger partial charge in [0.1, 0.15) is 39.5 Å². The molecule has 0 fully saturated rings. The van der Waals surface area contributed by atoms with Crippen LogP contribution in [-0.2, 0) is 0 Å².